The highest BCUT2D eigenvalue weighted by atomic mass is 16.3. The van der Waals surface area contributed by atoms with E-state index >= 15 is 0 Å². The third-order valence-corrected chi connectivity index (χ3v) is 9.88. The van der Waals surface area contributed by atoms with Crippen LogP contribution < -0.4 is 5.32 Å². The molecule has 0 aliphatic carbocycles. The molecular formula is C43H83NO5. The Kier molecular flexibility index (Phi) is 37.1. The maximum absolute atomic E-state index is 12.4. The van der Waals surface area contributed by atoms with Gasteiger partial charge in [-0.1, -0.05) is 173 Å². The first-order valence-corrected chi connectivity index (χ1v) is 21.2. The van der Waals surface area contributed by atoms with Crippen molar-refractivity contribution in [3.05, 3.63) is 24.3 Å². The second-order valence-electron chi connectivity index (χ2n) is 14.7. The van der Waals surface area contributed by atoms with Crippen molar-refractivity contribution in [2.45, 2.75) is 237 Å². The summed E-state index contributed by atoms with van der Waals surface area (Å²) in [4.78, 5) is 12.4. The Morgan fingerprint density at radius 1 is 0.490 bits per heavy atom. The second kappa shape index (κ2) is 38.0. The molecule has 0 saturated heterocycles. The molecule has 4 atom stereocenters. The number of nitrogens with one attached hydrogen (secondary N) is 1. The first kappa shape index (κ1) is 47.8. The minimum Gasteiger partial charge on any atom is -0.394 e. The van der Waals surface area contributed by atoms with Gasteiger partial charge in [0.2, 0.25) is 5.91 Å². The molecule has 0 radical (unpaired) electrons. The van der Waals surface area contributed by atoms with Gasteiger partial charge in [0, 0.05) is 0 Å². The molecule has 4 unspecified atom stereocenters. The fourth-order valence-electron chi connectivity index (χ4n) is 6.46. The molecule has 290 valence electrons. The van der Waals surface area contributed by atoms with Crippen molar-refractivity contribution in [3.63, 3.8) is 0 Å². The van der Waals surface area contributed by atoms with Crippen molar-refractivity contribution in [1.82, 2.24) is 5.32 Å². The van der Waals surface area contributed by atoms with Gasteiger partial charge in [0.05, 0.1) is 18.8 Å². The molecule has 0 aromatic carbocycles. The van der Waals surface area contributed by atoms with Crippen LogP contribution in [0.3, 0.4) is 0 Å². The Bertz CT molecular complexity index is 742. The molecule has 0 rings (SSSR count). The van der Waals surface area contributed by atoms with E-state index in [1.165, 1.54) is 141 Å². The van der Waals surface area contributed by atoms with Crippen LogP contribution in [0.1, 0.15) is 213 Å². The van der Waals surface area contributed by atoms with Crippen molar-refractivity contribution in [1.29, 1.82) is 0 Å². The Morgan fingerprint density at radius 3 is 1.22 bits per heavy atom. The molecule has 0 aromatic rings. The van der Waals surface area contributed by atoms with E-state index in [1.54, 1.807) is 0 Å². The lowest BCUT2D eigenvalue weighted by atomic mass is 10.00. The molecule has 0 bridgehead atoms. The number of carbonyl (C=O) groups excluding carboxylic acids is 1. The van der Waals surface area contributed by atoms with Gasteiger partial charge in [-0.2, -0.15) is 0 Å². The molecule has 0 heterocycles. The predicted octanol–water partition coefficient (Wildman–Crippen LogP) is 10.8. The second-order valence-corrected chi connectivity index (χ2v) is 14.7. The highest BCUT2D eigenvalue weighted by Gasteiger charge is 2.28. The zero-order chi connectivity index (χ0) is 36.0. The minimum absolute atomic E-state index is 0.333. The Morgan fingerprint density at radius 2 is 0.837 bits per heavy atom. The summed E-state index contributed by atoms with van der Waals surface area (Å²) < 4.78 is 0. The van der Waals surface area contributed by atoms with Gasteiger partial charge in [0.15, 0.2) is 0 Å². The van der Waals surface area contributed by atoms with Crippen LogP contribution in [-0.2, 0) is 4.79 Å². The van der Waals surface area contributed by atoms with Gasteiger partial charge >= 0.3 is 0 Å². The number of amides is 1. The molecule has 0 aromatic heterocycles. The van der Waals surface area contributed by atoms with Gasteiger partial charge in [0.1, 0.15) is 12.2 Å². The summed E-state index contributed by atoms with van der Waals surface area (Å²) >= 11 is 0. The number of hydrogen-bond acceptors (Lipinski definition) is 5. The van der Waals surface area contributed by atoms with Crippen LogP contribution >= 0.6 is 0 Å². The van der Waals surface area contributed by atoms with E-state index in [0.29, 0.717) is 12.8 Å². The van der Waals surface area contributed by atoms with Crippen molar-refractivity contribution >= 4 is 5.91 Å². The van der Waals surface area contributed by atoms with E-state index in [-0.39, 0.29) is 0 Å². The van der Waals surface area contributed by atoms with Gasteiger partial charge in [-0.25, -0.2) is 0 Å². The topological polar surface area (TPSA) is 110 Å². The number of carbonyl (C=O) groups is 1. The monoisotopic (exact) mass is 694 g/mol. The van der Waals surface area contributed by atoms with Crippen molar-refractivity contribution in [2.24, 2.45) is 0 Å². The van der Waals surface area contributed by atoms with Crippen LogP contribution in [0.25, 0.3) is 0 Å². The normalized spacial score (nSPS) is 14.5. The number of allylic oxidation sites excluding steroid dienone is 4. The van der Waals surface area contributed by atoms with E-state index in [4.69, 9.17) is 0 Å². The van der Waals surface area contributed by atoms with Gasteiger partial charge in [-0.3, -0.25) is 4.79 Å². The minimum atomic E-state index is -1.29. The molecule has 6 heteroatoms. The third-order valence-electron chi connectivity index (χ3n) is 9.88. The zero-order valence-corrected chi connectivity index (χ0v) is 32.4. The molecule has 0 fully saturated rings. The lowest BCUT2D eigenvalue weighted by molar-refractivity contribution is -0.132. The summed E-state index contributed by atoms with van der Waals surface area (Å²) in [5.41, 5.74) is 0. The van der Waals surface area contributed by atoms with Gasteiger partial charge in [-0.05, 0) is 64.2 Å². The molecule has 0 saturated carbocycles. The Hall–Kier alpha value is -1.21. The molecule has 5 N–H and O–H groups in total. The first-order valence-electron chi connectivity index (χ1n) is 21.2. The molecule has 1 amide bonds. The number of aliphatic hydroxyl groups excluding tert-OH is 4. The number of hydrogen-bond donors (Lipinski definition) is 5. The summed E-state index contributed by atoms with van der Waals surface area (Å²) in [6, 6.07) is -1.01. The summed E-state index contributed by atoms with van der Waals surface area (Å²) in [7, 11) is 0. The van der Waals surface area contributed by atoms with Crippen LogP contribution in [0.5, 0.6) is 0 Å². The van der Waals surface area contributed by atoms with Crippen LogP contribution in [0.4, 0.5) is 0 Å². The molecular weight excluding hydrogens is 610 g/mol. The summed E-state index contributed by atoms with van der Waals surface area (Å²) in [6.45, 7) is 4.01. The molecule has 6 nitrogen and oxygen atoms in total. The molecule has 0 aliphatic heterocycles. The van der Waals surface area contributed by atoms with E-state index in [0.717, 1.165) is 44.9 Å². The highest BCUT2D eigenvalue weighted by molar-refractivity contribution is 5.80. The van der Waals surface area contributed by atoms with Crippen molar-refractivity contribution in [3.8, 4) is 0 Å². The van der Waals surface area contributed by atoms with Gasteiger partial charge in [-0.15, -0.1) is 0 Å². The lowest BCUT2D eigenvalue weighted by Gasteiger charge is -2.27. The van der Waals surface area contributed by atoms with Crippen molar-refractivity contribution in [2.75, 3.05) is 6.61 Å². The number of aliphatic hydroxyl groups is 4. The third kappa shape index (κ3) is 32.4. The molecule has 49 heavy (non-hydrogen) atoms. The highest BCUT2D eigenvalue weighted by Crippen LogP contribution is 2.15. The zero-order valence-electron chi connectivity index (χ0n) is 32.4. The van der Waals surface area contributed by atoms with E-state index < -0.39 is 36.9 Å². The van der Waals surface area contributed by atoms with Gasteiger partial charge < -0.3 is 25.7 Å². The number of unbranched alkanes of at least 4 members (excludes halogenated alkanes) is 25. The summed E-state index contributed by atoms with van der Waals surface area (Å²) in [5.74, 6) is -0.610. The van der Waals surface area contributed by atoms with Crippen LogP contribution in [0.15, 0.2) is 24.3 Å². The smallest absolute Gasteiger partial charge is 0.249 e. The standard InChI is InChI=1S/C43H83NO5/c1-3-5-7-9-11-13-15-17-18-19-20-21-22-23-24-25-27-28-30-32-34-36-40(46)42(48)39(38-45)44-43(49)41(47)37-35-33-31-29-26-16-14-12-10-8-6-4-2/h26,28-30,39-42,45-48H,3-25,27,31-38H2,1-2H3,(H,44,49)/b29-26-,30-28+. The maximum Gasteiger partial charge on any atom is 0.249 e. The lowest BCUT2D eigenvalue weighted by Crippen LogP contribution is -2.53. The summed E-state index contributed by atoms with van der Waals surface area (Å²) in [5, 5.41) is 43.5. The predicted molar refractivity (Wildman–Crippen MR) is 210 cm³/mol. The van der Waals surface area contributed by atoms with Crippen molar-refractivity contribution < 1.29 is 25.2 Å². The average molecular weight is 694 g/mol. The van der Waals surface area contributed by atoms with Crippen LogP contribution in [0, 0.1) is 0 Å². The molecule has 0 aliphatic rings. The molecule has 0 spiro atoms. The van der Waals surface area contributed by atoms with E-state index in [2.05, 4.69) is 43.5 Å². The largest absolute Gasteiger partial charge is 0.394 e. The first-order chi connectivity index (χ1) is 24.0. The quantitative estimate of drug-likeness (QED) is 0.0327. The SMILES string of the molecule is CCCCCCCC/C=C\CCCCC(O)C(=O)NC(CO)C(O)C(O)CCC/C=C/CCCCCCCCCCCCCCCCCC. The Balaban J connectivity index is 3.78. The van der Waals surface area contributed by atoms with E-state index in [9.17, 15) is 25.2 Å². The fourth-order valence-corrected chi connectivity index (χ4v) is 6.46. The fraction of sp³-hybridized carbons (Fsp3) is 0.884. The van der Waals surface area contributed by atoms with Gasteiger partial charge in [0.25, 0.3) is 0 Å². The van der Waals surface area contributed by atoms with E-state index in [1.807, 2.05) is 0 Å². The summed E-state index contributed by atoms with van der Waals surface area (Å²) in [6.07, 6.45) is 42.2. The number of rotatable bonds is 38. The van der Waals surface area contributed by atoms with Crippen LogP contribution in [-0.4, -0.2) is 57.3 Å². The average Bonchev–Trinajstić information content (AvgIpc) is 3.11. The van der Waals surface area contributed by atoms with Crippen LogP contribution in [0.2, 0.25) is 0 Å². The maximum atomic E-state index is 12.4. The Labute approximate surface area is 304 Å².